The number of alkyl halides is 1. The van der Waals surface area contributed by atoms with Crippen molar-refractivity contribution in [3.8, 4) is 0 Å². The Hall–Kier alpha value is 0.170. The third-order valence-corrected chi connectivity index (χ3v) is 2.89. The molecule has 0 unspecified atom stereocenters. The van der Waals surface area contributed by atoms with Gasteiger partial charge in [0, 0.05) is 8.90 Å². The second-order valence-corrected chi connectivity index (χ2v) is 4.82. The fourth-order valence-corrected chi connectivity index (χ4v) is 1.64. The third-order valence-electron chi connectivity index (χ3n) is 1.71. The molecule has 1 aromatic rings. The van der Waals surface area contributed by atoms with Crippen LogP contribution in [0.3, 0.4) is 0 Å². The number of benzene rings is 1. The van der Waals surface area contributed by atoms with Gasteiger partial charge in [-0.15, -0.1) is 0 Å². The highest BCUT2D eigenvalue weighted by atomic mass is 127. The molecule has 0 heterocycles. The van der Waals surface area contributed by atoms with E-state index in [1.807, 2.05) is 0 Å². The molecule has 2 heteroatoms. The summed E-state index contributed by atoms with van der Waals surface area (Å²) in [6, 6.07) is 8.66. The van der Waals surface area contributed by atoms with E-state index in [0.29, 0.717) is 0 Å². The zero-order valence-electron chi connectivity index (χ0n) is 7.34. The van der Waals surface area contributed by atoms with Crippen molar-refractivity contribution >= 4 is 38.5 Å². The van der Waals surface area contributed by atoms with E-state index in [4.69, 9.17) is 0 Å². The molecule has 1 rings (SSSR count). The molecule has 0 aromatic heterocycles. The van der Waals surface area contributed by atoms with Gasteiger partial charge in [0.05, 0.1) is 0 Å². The molecule has 0 aliphatic heterocycles. The molecular weight excluding hydrogens is 339 g/mol. The average Bonchev–Trinajstić information content (AvgIpc) is 2.15. The van der Waals surface area contributed by atoms with Crippen LogP contribution in [-0.4, -0.2) is 5.33 Å². The number of hydrogen-bond acceptors (Lipinski definition) is 0. The van der Waals surface area contributed by atoms with Gasteiger partial charge >= 0.3 is 0 Å². The van der Waals surface area contributed by atoms with Crippen LogP contribution in [0.4, 0.5) is 0 Å². The van der Waals surface area contributed by atoms with Crippen LogP contribution in [-0.2, 0) is 6.42 Å². The van der Waals surface area contributed by atoms with Crippen LogP contribution in [0.5, 0.6) is 0 Å². The summed E-state index contributed by atoms with van der Waals surface area (Å²) in [5, 5.41) is 1.05. The Labute approximate surface area is 102 Å². The first-order valence-electron chi connectivity index (χ1n) is 4.28. The summed E-state index contributed by atoms with van der Waals surface area (Å²) >= 11 is 5.72. The maximum absolute atomic E-state index is 3.39. The van der Waals surface area contributed by atoms with E-state index in [1.165, 1.54) is 9.13 Å². The lowest BCUT2D eigenvalue weighted by Crippen LogP contribution is -1.80. The Bertz CT molecular complexity index is 264. The van der Waals surface area contributed by atoms with E-state index in [-0.39, 0.29) is 0 Å². The van der Waals surface area contributed by atoms with Crippen molar-refractivity contribution in [2.45, 2.75) is 12.8 Å². The van der Waals surface area contributed by atoms with Crippen molar-refractivity contribution in [1.29, 1.82) is 0 Å². The van der Waals surface area contributed by atoms with Crippen LogP contribution in [0.2, 0.25) is 0 Å². The van der Waals surface area contributed by atoms with Crippen molar-refractivity contribution in [1.82, 2.24) is 0 Å². The predicted molar refractivity (Wildman–Crippen MR) is 70.4 cm³/mol. The summed E-state index contributed by atoms with van der Waals surface area (Å²) in [4.78, 5) is 0. The first kappa shape index (κ1) is 11.2. The summed E-state index contributed by atoms with van der Waals surface area (Å²) in [6.07, 6.45) is 6.60. The van der Waals surface area contributed by atoms with Crippen LogP contribution >= 0.6 is 38.5 Å². The topological polar surface area (TPSA) is 0 Å². The van der Waals surface area contributed by atoms with E-state index in [0.717, 1.165) is 18.2 Å². The van der Waals surface area contributed by atoms with Gasteiger partial charge in [-0.3, -0.25) is 0 Å². The van der Waals surface area contributed by atoms with Gasteiger partial charge in [-0.05, 0) is 53.1 Å². The summed E-state index contributed by atoms with van der Waals surface area (Å²) in [7, 11) is 0. The Kier molecular flexibility index (Phi) is 5.71. The summed E-state index contributed by atoms with van der Waals surface area (Å²) < 4.78 is 1.30. The molecule has 0 radical (unpaired) electrons. The summed E-state index contributed by atoms with van der Waals surface area (Å²) in [5.41, 5.74) is 1.38. The minimum atomic E-state index is 1.05. The zero-order chi connectivity index (χ0) is 9.52. The molecule has 0 amide bonds. The lowest BCUT2D eigenvalue weighted by Gasteiger charge is -1.95. The van der Waals surface area contributed by atoms with Crippen molar-refractivity contribution in [2.24, 2.45) is 0 Å². The van der Waals surface area contributed by atoms with Gasteiger partial charge in [0.2, 0.25) is 0 Å². The molecule has 70 valence electrons. The number of allylic oxidation sites excluding steroid dienone is 2. The second-order valence-electron chi connectivity index (χ2n) is 2.78. The molecular formula is C11H12BrI. The van der Waals surface area contributed by atoms with E-state index in [1.54, 1.807) is 0 Å². The standard InChI is InChI=1S/C11H12BrI/c12-9-3-1-2-4-10-5-7-11(13)8-6-10/h1-2,5-8H,3-4,9H2. The van der Waals surface area contributed by atoms with E-state index in [2.05, 4.69) is 74.9 Å². The smallest absolute Gasteiger partial charge is 0.0130 e. The average molecular weight is 351 g/mol. The summed E-state index contributed by atoms with van der Waals surface area (Å²) in [5.74, 6) is 0. The molecule has 0 N–H and O–H groups in total. The van der Waals surface area contributed by atoms with E-state index in [9.17, 15) is 0 Å². The van der Waals surface area contributed by atoms with Gasteiger partial charge in [0.25, 0.3) is 0 Å². The second kappa shape index (κ2) is 6.60. The molecule has 13 heavy (non-hydrogen) atoms. The minimum absolute atomic E-state index is 1.05. The number of hydrogen-bond donors (Lipinski definition) is 0. The van der Waals surface area contributed by atoms with Gasteiger partial charge in [-0.1, -0.05) is 40.2 Å². The van der Waals surface area contributed by atoms with Gasteiger partial charge in [-0.25, -0.2) is 0 Å². The summed E-state index contributed by atoms with van der Waals surface area (Å²) in [6.45, 7) is 0. The molecule has 0 saturated carbocycles. The van der Waals surface area contributed by atoms with Crippen LogP contribution in [0, 0.1) is 3.57 Å². The first-order valence-corrected chi connectivity index (χ1v) is 6.48. The zero-order valence-corrected chi connectivity index (χ0v) is 11.1. The molecule has 0 saturated heterocycles. The first-order chi connectivity index (χ1) is 6.33. The SMILES string of the molecule is BrCCC=CCc1ccc(I)cc1. The van der Waals surface area contributed by atoms with E-state index < -0.39 is 0 Å². The molecule has 0 aliphatic rings. The molecule has 0 bridgehead atoms. The monoisotopic (exact) mass is 350 g/mol. The Morgan fingerprint density at radius 3 is 2.46 bits per heavy atom. The number of halogens is 2. The molecule has 0 fully saturated rings. The maximum Gasteiger partial charge on any atom is 0.0130 e. The predicted octanol–water partition coefficient (Wildman–Crippen LogP) is 4.17. The maximum atomic E-state index is 3.39. The van der Waals surface area contributed by atoms with Crippen molar-refractivity contribution in [3.63, 3.8) is 0 Å². The fourth-order valence-electron chi connectivity index (χ4n) is 1.02. The van der Waals surface area contributed by atoms with Crippen LogP contribution in [0.15, 0.2) is 36.4 Å². The number of rotatable bonds is 4. The Morgan fingerprint density at radius 1 is 1.15 bits per heavy atom. The molecule has 1 aromatic carbocycles. The van der Waals surface area contributed by atoms with Crippen LogP contribution < -0.4 is 0 Å². The lowest BCUT2D eigenvalue weighted by atomic mass is 10.1. The van der Waals surface area contributed by atoms with E-state index >= 15 is 0 Å². The van der Waals surface area contributed by atoms with Gasteiger partial charge in [0.15, 0.2) is 0 Å². The Balaban J connectivity index is 2.41. The van der Waals surface area contributed by atoms with Gasteiger partial charge < -0.3 is 0 Å². The van der Waals surface area contributed by atoms with Crippen LogP contribution in [0.25, 0.3) is 0 Å². The highest BCUT2D eigenvalue weighted by Gasteiger charge is 1.88. The highest BCUT2D eigenvalue weighted by Crippen LogP contribution is 2.07. The Morgan fingerprint density at radius 2 is 1.85 bits per heavy atom. The molecule has 0 atom stereocenters. The highest BCUT2D eigenvalue weighted by molar-refractivity contribution is 14.1. The van der Waals surface area contributed by atoms with Crippen molar-refractivity contribution < 1.29 is 0 Å². The largest absolute Gasteiger partial charge is 0.0925 e. The minimum Gasteiger partial charge on any atom is -0.0925 e. The lowest BCUT2D eigenvalue weighted by molar-refractivity contribution is 1.20. The quantitative estimate of drug-likeness (QED) is 0.434. The fraction of sp³-hybridized carbons (Fsp3) is 0.273. The van der Waals surface area contributed by atoms with Gasteiger partial charge in [-0.2, -0.15) is 0 Å². The van der Waals surface area contributed by atoms with Crippen molar-refractivity contribution in [2.75, 3.05) is 5.33 Å². The van der Waals surface area contributed by atoms with Crippen molar-refractivity contribution in [3.05, 3.63) is 45.6 Å². The third kappa shape index (κ3) is 4.81. The molecule has 0 spiro atoms. The molecule has 0 aliphatic carbocycles. The van der Waals surface area contributed by atoms with Gasteiger partial charge in [0.1, 0.15) is 0 Å². The van der Waals surface area contributed by atoms with Crippen LogP contribution in [0.1, 0.15) is 12.0 Å². The normalized spacial score (nSPS) is 10.9. The molecule has 0 nitrogen and oxygen atoms in total.